The van der Waals surface area contributed by atoms with Crippen molar-refractivity contribution in [3.8, 4) is 78.4 Å². The average molecular weight is 1300 g/mol. The molecule has 0 N–H and O–H groups in total. The normalized spacial score (nSPS) is 11.5. The lowest BCUT2D eigenvalue weighted by molar-refractivity contribution is 1.13. The van der Waals surface area contributed by atoms with Crippen LogP contribution in [0.3, 0.4) is 0 Å². The summed E-state index contributed by atoms with van der Waals surface area (Å²) in [6.45, 7) is 0. The molecule has 6 heteroatoms. The van der Waals surface area contributed by atoms with Crippen molar-refractivity contribution in [3.05, 3.63) is 389 Å². The van der Waals surface area contributed by atoms with Crippen LogP contribution in [0.1, 0.15) is 0 Å². The van der Waals surface area contributed by atoms with E-state index in [1.165, 1.54) is 54.6 Å². The van der Waals surface area contributed by atoms with Gasteiger partial charge >= 0.3 is 0 Å². The van der Waals surface area contributed by atoms with Crippen LogP contribution in [0.2, 0.25) is 0 Å². The number of fused-ring (bicyclic) bond motifs is 6. The molecule has 478 valence electrons. The molecular weight excluding hydrogens is 1240 g/mol. The van der Waals surface area contributed by atoms with E-state index in [0.717, 1.165) is 123 Å². The minimum Gasteiger partial charge on any atom is -0.310 e. The maximum Gasteiger partial charge on any atom is 0.0722 e. The standard InChI is InChI=1S/C96H64N6/c1-7-25-67(26-8-1)93-85-57-55-79(63-89(85)101(73-35-15-5-16-36-73)95(93)71-29-11-3-12-30-71)99(77-53-43-65-33-23-59-97-87(65)61-77)75-49-45-69(46-50-75)91-81-39-19-21-41-83(81)92(84-42-22-20-40-82(84)91)70-47-51-76(52-48-70)100(78-54-44-66-34-24-60-98-88(66)62-78)80-56-58-86-90(64-80)102(74-37-17-6-18-38-74)96(72-31-13-4-14-32-72)94(86)68-27-9-2-10-28-68/h1-64H. The fourth-order valence-corrected chi connectivity index (χ4v) is 15.6. The zero-order chi connectivity index (χ0) is 67.5. The lowest BCUT2D eigenvalue weighted by atomic mass is 9.86. The summed E-state index contributed by atoms with van der Waals surface area (Å²) in [7, 11) is 0. The zero-order valence-electron chi connectivity index (χ0n) is 55.6. The van der Waals surface area contributed by atoms with Crippen molar-refractivity contribution in [1.29, 1.82) is 0 Å². The monoisotopic (exact) mass is 1300 g/mol. The van der Waals surface area contributed by atoms with Crippen LogP contribution in [0.5, 0.6) is 0 Å². The van der Waals surface area contributed by atoms with Crippen molar-refractivity contribution in [2.24, 2.45) is 0 Å². The number of para-hydroxylation sites is 2. The molecule has 4 aromatic heterocycles. The molecule has 0 radical (unpaired) electrons. The Bertz CT molecular complexity index is 5890. The summed E-state index contributed by atoms with van der Waals surface area (Å²) >= 11 is 0. The van der Waals surface area contributed by atoms with Gasteiger partial charge in [-0.05, 0) is 175 Å². The zero-order valence-corrected chi connectivity index (χ0v) is 55.6. The topological polar surface area (TPSA) is 42.1 Å². The summed E-state index contributed by atoms with van der Waals surface area (Å²) in [6.07, 6.45) is 3.76. The van der Waals surface area contributed by atoms with E-state index < -0.39 is 0 Å². The molecule has 0 saturated carbocycles. The maximum absolute atomic E-state index is 4.89. The van der Waals surface area contributed by atoms with Gasteiger partial charge in [-0.2, -0.15) is 0 Å². The fourth-order valence-electron chi connectivity index (χ4n) is 15.6. The van der Waals surface area contributed by atoms with Gasteiger partial charge in [0.25, 0.3) is 0 Å². The van der Waals surface area contributed by atoms with Crippen molar-refractivity contribution < 1.29 is 0 Å². The van der Waals surface area contributed by atoms with E-state index in [1.54, 1.807) is 0 Å². The Morgan fingerprint density at radius 1 is 0.206 bits per heavy atom. The van der Waals surface area contributed by atoms with Crippen LogP contribution < -0.4 is 9.80 Å². The Labute approximate surface area is 591 Å². The molecule has 0 aliphatic rings. The van der Waals surface area contributed by atoms with Gasteiger partial charge in [-0.1, -0.05) is 267 Å². The second-order valence-corrected chi connectivity index (χ2v) is 26.0. The fraction of sp³-hybridized carbons (Fsp3) is 0. The predicted molar refractivity (Wildman–Crippen MR) is 428 cm³/mol. The molecule has 6 nitrogen and oxygen atoms in total. The molecule has 0 spiro atoms. The van der Waals surface area contributed by atoms with Gasteiger partial charge < -0.3 is 18.9 Å². The minimum atomic E-state index is 0.929. The summed E-state index contributed by atoms with van der Waals surface area (Å²) in [5.41, 5.74) is 26.3. The van der Waals surface area contributed by atoms with Crippen molar-refractivity contribution in [2.75, 3.05) is 9.80 Å². The number of hydrogen-bond acceptors (Lipinski definition) is 4. The molecule has 19 aromatic rings. The van der Waals surface area contributed by atoms with Crippen molar-refractivity contribution in [1.82, 2.24) is 19.1 Å². The third-order valence-corrected chi connectivity index (χ3v) is 20.1. The third kappa shape index (κ3) is 10.4. The Kier molecular flexibility index (Phi) is 14.8. The highest BCUT2D eigenvalue weighted by molar-refractivity contribution is 6.22. The minimum absolute atomic E-state index is 0.929. The van der Waals surface area contributed by atoms with Crippen molar-refractivity contribution in [2.45, 2.75) is 0 Å². The molecular formula is C96H64N6. The van der Waals surface area contributed by atoms with Crippen LogP contribution in [-0.2, 0) is 0 Å². The molecule has 0 saturated heterocycles. The van der Waals surface area contributed by atoms with Crippen LogP contribution >= 0.6 is 0 Å². The van der Waals surface area contributed by atoms with Gasteiger partial charge in [-0.3, -0.25) is 9.97 Å². The van der Waals surface area contributed by atoms with E-state index in [0.29, 0.717) is 0 Å². The largest absolute Gasteiger partial charge is 0.310 e. The molecule has 0 aliphatic heterocycles. The predicted octanol–water partition coefficient (Wildman–Crippen LogP) is 25.9. The van der Waals surface area contributed by atoms with E-state index >= 15 is 0 Å². The van der Waals surface area contributed by atoms with E-state index in [1.807, 2.05) is 24.5 Å². The number of hydrogen-bond donors (Lipinski definition) is 0. The molecule has 0 atom stereocenters. The van der Waals surface area contributed by atoms with E-state index in [-0.39, 0.29) is 0 Å². The first-order valence-electron chi connectivity index (χ1n) is 34.8. The highest BCUT2D eigenvalue weighted by atomic mass is 15.2. The quantitative estimate of drug-likeness (QED) is 0.102. The highest BCUT2D eigenvalue weighted by Crippen LogP contribution is 2.50. The number of benzene rings is 15. The SMILES string of the molecule is c1ccc(-c2c(-c3ccccc3)n(-c3ccccc3)c3cc(N(c4ccc(-c5c6ccccc6c(-c6ccc(N(c7ccc8cccnc8c7)c7ccc8c(-c9ccccc9)c(-c9ccccc9)n(-c9ccccc9)c8c7)cc6)c6ccccc56)cc4)c4ccc5cccnc5c4)ccc23)cc1. The van der Waals surface area contributed by atoms with Gasteiger partial charge in [0.2, 0.25) is 0 Å². The molecule has 0 aliphatic carbocycles. The molecule has 19 rings (SSSR count). The lowest BCUT2D eigenvalue weighted by Crippen LogP contribution is -2.10. The Balaban J connectivity index is 0.746. The van der Waals surface area contributed by atoms with Crippen LogP contribution in [-0.4, -0.2) is 19.1 Å². The van der Waals surface area contributed by atoms with Crippen LogP contribution in [0, 0.1) is 0 Å². The van der Waals surface area contributed by atoms with E-state index in [9.17, 15) is 0 Å². The molecule has 0 fully saturated rings. The number of anilines is 6. The van der Waals surface area contributed by atoms with Gasteiger partial charge in [0.15, 0.2) is 0 Å². The van der Waals surface area contributed by atoms with Gasteiger partial charge in [-0.15, -0.1) is 0 Å². The Morgan fingerprint density at radius 3 is 0.863 bits per heavy atom. The van der Waals surface area contributed by atoms with Crippen LogP contribution in [0.15, 0.2) is 389 Å². The second-order valence-electron chi connectivity index (χ2n) is 26.0. The van der Waals surface area contributed by atoms with Crippen LogP contribution in [0.4, 0.5) is 34.1 Å². The average Bonchev–Trinajstić information content (AvgIpc) is 0.988. The first kappa shape index (κ1) is 59.6. The summed E-state index contributed by atoms with van der Waals surface area (Å²) in [6, 6.07) is 137. The molecule has 0 amide bonds. The van der Waals surface area contributed by atoms with Gasteiger partial charge in [0, 0.05) is 90.6 Å². The van der Waals surface area contributed by atoms with Crippen molar-refractivity contribution in [3.63, 3.8) is 0 Å². The summed E-state index contributed by atoms with van der Waals surface area (Å²) in [5, 5.41) is 9.23. The Hall–Kier alpha value is -13.7. The number of nitrogens with zero attached hydrogens (tertiary/aromatic N) is 6. The number of pyridine rings is 2. The first-order valence-corrected chi connectivity index (χ1v) is 34.8. The second kappa shape index (κ2) is 25.3. The van der Waals surface area contributed by atoms with E-state index in [2.05, 4.69) is 383 Å². The number of rotatable bonds is 14. The summed E-state index contributed by atoms with van der Waals surface area (Å²) in [4.78, 5) is 14.5. The molecule has 0 unspecified atom stereocenters. The molecule has 4 heterocycles. The van der Waals surface area contributed by atoms with Crippen LogP contribution in [0.25, 0.3) is 144 Å². The summed E-state index contributed by atoms with van der Waals surface area (Å²) in [5.74, 6) is 0. The lowest BCUT2D eigenvalue weighted by Gasteiger charge is -2.27. The molecule has 15 aromatic carbocycles. The summed E-state index contributed by atoms with van der Waals surface area (Å²) < 4.78 is 4.89. The third-order valence-electron chi connectivity index (χ3n) is 20.1. The number of aromatic nitrogens is 4. The van der Waals surface area contributed by atoms with E-state index in [4.69, 9.17) is 9.97 Å². The molecule has 102 heavy (non-hydrogen) atoms. The first-order chi connectivity index (χ1) is 50.6. The smallest absolute Gasteiger partial charge is 0.0722 e. The highest BCUT2D eigenvalue weighted by Gasteiger charge is 2.27. The van der Waals surface area contributed by atoms with Crippen molar-refractivity contribution >= 4 is 99.3 Å². The van der Waals surface area contributed by atoms with Gasteiger partial charge in [0.1, 0.15) is 0 Å². The van der Waals surface area contributed by atoms with Gasteiger partial charge in [-0.25, -0.2) is 0 Å². The molecule has 0 bridgehead atoms. The Morgan fingerprint density at radius 2 is 0.500 bits per heavy atom. The maximum atomic E-state index is 4.89. The van der Waals surface area contributed by atoms with Gasteiger partial charge in [0.05, 0.1) is 33.5 Å².